The van der Waals surface area contributed by atoms with Gasteiger partial charge in [0.25, 0.3) is 0 Å². The smallest absolute Gasteiger partial charge is 0.321 e. The Balaban J connectivity index is 2.93. The first-order valence-electron chi connectivity index (χ1n) is 5.37. The fourth-order valence-electron chi connectivity index (χ4n) is 1.39. The predicted molar refractivity (Wildman–Crippen MR) is 63.1 cm³/mol. The third kappa shape index (κ3) is 3.78. The summed E-state index contributed by atoms with van der Waals surface area (Å²) in [5.74, 6) is -1.79. The van der Waals surface area contributed by atoms with Crippen molar-refractivity contribution in [3.05, 3.63) is 30.1 Å². The van der Waals surface area contributed by atoms with Gasteiger partial charge >= 0.3 is 5.97 Å². The van der Waals surface area contributed by atoms with E-state index in [1.165, 1.54) is 0 Å². The van der Waals surface area contributed by atoms with Crippen LogP contribution < -0.4 is 4.72 Å². The van der Waals surface area contributed by atoms with Gasteiger partial charge in [0.05, 0.1) is 4.90 Å². The van der Waals surface area contributed by atoms with Crippen molar-refractivity contribution in [2.75, 3.05) is 0 Å². The van der Waals surface area contributed by atoms with Gasteiger partial charge in [0, 0.05) is 0 Å². The van der Waals surface area contributed by atoms with Crippen molar-refractivity contribution in [3.63, 3.8) is 0 Å². The summed E-state index contributed by atoms with van der Waals surface area (Å²) in [6.07, 6.45) is 0.721. The molecule has 100 valence electrons. The zero-order valence-electron chi connectivity index (χ0n) is 9.76. The molecule has 1 rings (SSSR count). The van der Waals surface area contributed by atoms with Crippen LogP contribution in [0.25, 0.3) is 0 Å². The van der Waals surface area contributed by atoms with Gasteiger partial charge in [0.1, 0.15) is 11.9 Å². The number of hydrogen-bond acceptors (Lipinski definition) is 3. The standard InChI is InChI=1S/C11H14FNO4S/c1-2-3-10(11(14)15)13-18(16,17)9-6-4-8(12)5-7-9/h4-7,10,13H,2-3H2,1H3,(H,14,15)/t10-/m1/s1. The SMILES string of the molecule is CCC[C@@H](NS(=O)(=O)c1ccc(F)cc1)C(=O)O. The molecule has 7 heteroatoms. The van der Waals surface area contributed by atoms with Gasteiger partial charge in [-0.2, -0.15) is 4.72 Å². The van der Waals surface area contributed by atoms with Crippen LogP contribution in [0.1, 0.15) is 19.8 Å². The van der Waals surface area contributed by atoms with Crippen molar-refractivity contribution in [2.24, 2.45) is 0 Å². The van der Waals surface area contributed by atoms with Crippen LogP contribution in [0.15, 0.2) is 29.2 Å². The fourth-order valence-corrected chi connectivity index (χ4v) is 2.61. The number of halogens is 1. The van der Waals surface area contributed by atoms with E-state index < -0.39 is 27.9 Å². The molecule has 1 aromatic rings. The number of rotatable bonds is 6. The molecular formula is C11H14FNO4S. The van der Waals surface area contributed by atoms with Gasteiger partial charge in [0.15, 0.2) is 0 Å². The lowest BCUT2D eigenvalue weighted by Crippen LogP contribution is -2.40. The van der Waals surface area contributed by atoms with E-state index in [2.05, 4.69) is 4.72 Å². The summed E-state index contributed by atoms with van der Waals surface area (Å²) in [5.41, 5.74) is 0. The Morgan fingerprint density at radius 1 is 1.39 bits per heavy atom. The summed E-state index contributed by atoms with van der Waals surface area (Å²) in [6, 6.07) is 3.00. The maximum atomic E-state index is 12.7. The van der Waals surface area contributed by atoms with Gasteiger partial charge in [-0.15, -0.1) is 0 Å². The first-order chi connectivity index (χ1) is 8.36. The zero-order valence-corrected chi connectivity index (χ0v) is 10.6. The monoisotopic (exact) mass is 275 g/mol. The number of sulfonamides is 1. The molecule has 0 radical (unpaired) electrons. The Morgan fingerprint density at radius 2 is 1.94 bits per heavy atom. The van der Waals surface area contributed by atoms with Crippen LogP contribution in [0.2, 0.25) is 0 Å². The fraction of sp³-hybridized carbons (Fsp3) is 0.364. The summed E-state index contributed by atoms with van der Waals surface area (Å²) in [7, 11) is -3.94. The first kappa shape index (κ1) is 14.6. The zero-order chi connectivity index (χ0) is 13.8. The second-order valence-corrected chi connectivity index (χ2v) is 5.47. The molecule has 0 saturated heterocycles. The average Bonchev–Trinajstić information content (AvgIpc) is 2.28. The molecule has 0 saturated carbocycles. The van der Waals surface area contributed by atoms with Crippen LogP contribution in [-0.2, 0) is 14.8 Å². The Hall–Kier alpha value is -1.47. The Bertz CT molecular complexity index is 512. The van der Waals surface area contributed by atoms with Gasteiger partial charge in [-0.05, 0) is 30.7 Å². The number of carbonyl (C=O) groups is 1. The Labute approximate surface area is 105 Å². The second kappa shape index (κ2) is 5.92. The van der Waals surface area contributed by atoms with E-state index in [1.807, 2.05) is 0 Å². The van der Waals surface area contributed by atoms with Crippen LogP contribution in [0.3, 0.4) is 0 Å². The molecule has 1 atom stereocenters. The second-order valence-electron chi connectivity index (χ2n) is 3.75. The quantitative estimate of drug-likeness (QED) is 0.821. The van der Waals surface area contributed by atoms with Gasteiger partial charge in [-0.25, -0.2) is 12.8 Å². The van der Waals surface area contributed by atoms with Crippen molar-refractivity contribution in [1.82, 2.24) is 4.72 Å². The molecule has 0 aromatic heterocycles. The highest BCUT2D eigenvalue weighted by molar-refractivity contribution is 7.89. The summed E-state index contributed by atoms with van der Waals surface area (Å²) in [5, 5.41) is 8.87. The molecule has 0 bridgehead atoms. The van der Waals surface area contributed by atoms with E-state index in [9.17, 15) is 17.6 Å². The molecule has 5 nitrogen and oxygen atoms in total. The molecule has 1 aromatic carbocycles. The third-order valence-corrected chi connectivity index (χ3v) is 3.78. The molecule has 0 heterocycles. The Morgan fingerprint density at radius 3 is 2.39 bits per heavy atom. The summed E-state index contributed by atoms with van der Waals surface area (Å²) < 4.78 is 38.4. The minimum atomic E-state index is -3.94. The van der Waals surface area contributed by atoms with E-state index in [-0.39, 0.29) is 11.3 Å². The van der Waals surface area contributed by atoms with Crippen molar-refractivity contribution >= 4 is 16.0 Å². The highest BCUT2D eigenvalue weighted by Crippen LogP contribution is 2.11. The first-order valence-corrected chi connectivity index (χ1v) is 6.86. The molecule has 0 unspecified atom stereocenters. The molecule has 0 spiro atoms. The summed E-state index contributed by atoms with van der Waals surface area (Å²) >= 11 is 0. The van der Waals surface area contributed by atoms with Crippen molar-refractivity contribution in [2.45, 2.75) is 30.7 Å². The lowest BCUT2D eigenvalue weighted by molar-refractivity contribution is -0.139. The largest absolute Gasteiger partial charge is 0.480 e. The minimum Gasteiger partial charge on any atom is -0.480 e. The number of nitrogens with one attached hydrogen (secondary N) is 1. The van der Waals surface area contributed by atoms with Crippen molar-refractivity contribution in [1.29, 1.82) is 0 Å². The number of carboxylic acid groups (broad SMARTS) is 1. The van der Waals surface area contributed by atoms with E-state index in [4.69, 9.17) is 5.11 Å². The highest BCUT2D eigenvalue weighted by atomic mass is 32.2. The molecule has 0 aliphatic heterocycles. The van der Waals surface area contributed by atoms with Gasteiger partial charge in [-0.1, -0.05) is 13.3 Å². The number of benzene rings is 1. The van der Waals surface area contributed by atoms with E-state index in [1.54, 1.807) is 6.92 Å². The van der Waals surface area contributed by atoms with E-state index in [0.29, 0.717) is 6.42 Å². The summed E-state index contributed by atoms with van der Waals surface area (Å²) in [6.45, 7) is 1.75. The van der Waals surface area contributed by atoms with Crippen LogP contribution in [0.4, 0.5) is 4.39 Å². The lowest BCUT2D eigenvalue weighted by Gasteiger charge is -2.13. The summed E-state index contributed by atoms with van der Waals surface area (Å²) in [4.78, 5) is 10.7. The topological polar surface area (TPSA) is 83.5 Å². The van der Waals surface area contributed by atoms with E-state index in [0.717, 1.165) is 24.3 Å². The van der Waals surface area contributed by atoms with Gasteiger partial charge < -0.3 is 5.11 Å². The molecule has 0 aliphatic rings. The van der Waals surface area contributed by atoms with Gasteiger partial charge in [0.2, 0.25) is 10.0 Å². The average molecular weight is 275 g/mol. The maximum absolute atomic E-state index is 12.7. The molecule has 2 N–H and O–H groups in total. The van der Waals surface area contributed by atoms with E-state index >= 15 is 0 Å². The van der Waals surface area contributed by atoms with Crippen molar-refractivity contribution in [3.8, 4) is 0 Å². The highest BCUT2D eigenvalue weighted by Gasteiger charge is 2.24. The van der Waals surface area contributed by atoms with Gasteiger partial charge in [-0.3, -0.25) is 4.79 Å². The molecule has 0 aliphatic carbocycles. The molecular weight excluding hydrogens is 261 g/mol. The number of hydrogen-bond donors (Lipinski definition) is 2. The molecule has 0 fully saturated rings. The lowest BCUT2D eigenvalue weighted by atomic mass is 10.2. The predicted octanol–water partition coefficient (Wildman–Crippen LogP) is 1.36. The van der Waals surface area contributed by atoms with Crippen LogP contribution >= 0.6 is 0 Å². The minimum absolute atomic E-state index is 0.161. The normalized spacial score (nSPS) is 13.2. The maximum Gasteiger partial charge on any atom is 0.321 e. The van der Waals surface area contributed by atoms with Crippen molar-refractivity contribution < 1.29 is 22.7 Å². The van der Waals surface area contributed by atoms with Crippen LogP contribution in [0, 0.1) is 5.82 Å². The number of aliphatic carboxylic acids is 1. The Kier molecular flexibility index (Phi) is 4.80. The number of carboxylic acids is 1. The van der Waals surface area contributed by atoms with Crippen LogP contribution in [0.5, 0.6) is 0 Å². The molecule has 0 amide bonds. The third-order valence-electron chi connectivity index (χ3n) is 2.30. The molecule has 18 heavy (non-hydrogen) atoms. The van der Waals surface area contributed by atoms with Crippen LogP contribution in [-0.4, -0.2) is 25.5 Å².